The van der Waals surface area contributed by atoms with Gasteiger partial charge < -0.3 is 0 Å². The van der Waals surface area contributed by atoms with E-state index in [-0.39, 0.29) is 11.6 Å². The largest absolute Gasteiger partial charge is 0.220 e. The number of nitrogens with zero attached hydrogens (tertiary/aromatic N) is 2. The van der Waals surface area contributed by atoms with Crippen molar-refractivity contribution < 1.29 is 0 Å². The normalized spacial score (nSPS) is 12.4. The maximum absolute atomic E-state index is 5.98. The Labute approximate surface area is 137 Å². The van der Waals surface area contributed by atoms with Crippen molar-refractivity contribution in [1.29, 1.82) is 0 Å². The van der Waals surface area contributed by atoms with Gasteiger partial charge in [0.25, 0.3) is 0 Å². The lowest BCUT2D eigenvalue weighted by molar-refractivity contribution is 0.586. The third-order valence-corrected chi connectivity index (χ3v) is 3.40. The molecule has 0 fully saturated rings. The Morgan fingerprint density at radius 1 is 0.909 bits per heavy atom. The Kier molecular flexibility index (Phi) is 5.18. The van der Waals surface area contributed by atoms with Gasteiger partial charge in [0.05, 0.1) is 11.5 Å². The van der Waals surface area contributed by atoms with E-state index in [0.717, 1.165) is 16.1 Å². The summed E-state index contributed by atoms with van der Waals surface area (Å²) in [5, 5.41) is 0.721. The zero-order chi connectivity index (χ0) is 16.2. The Hall–Kier alpha value is -1.89. The predicted molar refractivity (Wildman–Crippen MR) is 94.1 cm³/mol. The lowest BCUT2D eigenvalue weighted by Gasteiger charge is -2.13. The molecule has 0 aliphatic heterocycles. The first-order valence-corrected chi connectivity index (χ1v) is 7.72. The van der Waals surface area contributed by atoms with Gasteiger partial charge in [0.15, 0.2) is 0 Å². The number of aryl methyl sites for hydroxylation is 1. The van der Waals surface area contributed by atoms with Crippen LogP contribution in [0, 0.1) is 6.92 Å². The van der Waals surface area contributed by atoms with Gasteiger partial charge in [-0.05, 0) is 51.0 Å². The van der Waals surface area contributed by atoms with Crippen LogP contribution >= 0.6 is 11.6 Å². The van der Waals surface area contributed by atoms with Crippen LogP contribution in [-0.2, 0) is 0 Å². The number of benzene rings is 2. The summed E-state index contributed by atoms with van der Waals surface area (Å²) in [4.78, 5) is 8.89. The Morgan fingerprint density at radius 3 is 1.91 bits per heavy atom. The number of rotatable bonds is 3. The van der Waals surface area contributed by atoms with Gasteiger partial charge in [0.2, 0.25) is 0 Å². The van der Waals surface area contributed by atoms with E-state index in [1.165, 1.54) is 5.56 Å². The van der Waals surface area contributed by atoms with Crippen LogP contribution in [0.5, 0.6) is 0 Å². The molecule has 0 saturated carbocycles. The van der Waals surface area contributed by atoms with Crippen LogP contribution in [0.2, 0.25) is 5.02 Å². The van der Waals surface area contributed by atoms with E-state index in [1.54, 1.807) is 0 Å². The highest BCUT2D eigenvalue weighted by Gasteiger charge is 2.13. The summed E-state index contributed by atoms with van der Waals surface area (Å²) < 4.78 is 0. The average molecular weight is 313 g/mol. The minimum absolute atomic E-state index is 0.121. The molecule has 0 bridgehead atoms. The molecule has 3 heteroatoms. The molecule has 0 N–H and O–H groups in total. The fourth-order valence-corrected chi connectivity index (χ4v) is 2.10. The van der Waals surface area contributed by atoms with Gasteiger partial charge in [-0.3, -0.25) is 0 Å². The first-order valence-electron chi connectivity index (χ1n) is 7.34. The highest BCUT2D eigenvalue weighted by atomic mass is 35.5. The first kappa shape index (κ1) is 16.5. The smallest absolute Gasteiger partial charge is 0.111 e. The van der Waals surface area contributed by atoms with Gasteiger partial charge in [0, 0.05) is 5.02 Å². The summed E-state index contributed by atoms with van der Waals surface area (Å²) in [6, 6.07) is 18.9. The van der Waals surface area contributed by atoms with Crippen LogP contribution in [-0.4, -0.2) is 11.5 Å². The SMILES string of the molecule is Cc1ccc(C(N=C=NC(C)(C)C)c2ccc(Cl)cc2)cc1. The maximum atomic E-state index is 5.98. The van der Waals surface area contributed by atoms with E-state index in [0.29, 0.717) is 0 Å². The lowest BCUT2D eigenvalue weighted by atomic mass is 9.98. The fourth-order valence-electron chi connectivity index (χ4n) is 1.97. The summed E-state index contributed by atoms with van der Waals surface area (Å²) in [7, 11) is 0. The van der Waals surface area contributed by atoms with Gasteiger partial charge in [-0.1, -0.05) is 53.6 Å². The maximum Gasteiger partial charge on any atom is 0.111 e. The molecule has 2 aromatic rings. The second kappa shape index (κ2) is 6.91. The summed E-state index contributed by atoms with van der Waals surface area (Å²) in [5.41, 5.74) is 3.24. The molecule has 2 nitrogen and oxygen atoms in total. The molecule has 2 aromatic carbocycles. The van der Waals surface area contributed by atoms with Crippen LogP contribution in [0.15, 0.2) is 58.5 Å². The monoisotopic (exact) mass is 312 g/mol. The molecular formula is C19H21ClN2. The molecule has 0 aliphatic rings. The van der Waals surface area contributed by atoms with Crippen molar-refractivity contribution in [3.8, 4) is 0 Å². The van der Waals surface area contributed by atoms with Gasteiger partial charge in [0.1, 0.15) is 6.04 Å². The van der Waals surface area contributed by atoms with Gasteiger partial charge in [-0.25, -0.2) is 9.98 Å². The van der Waals surface area contributed by atoms with Crippen molar-refractivity contribution in [3.63, 3.8) is 0 Å². The van der Waals surface area contributed by atoms with E-state index < -0.39 is 0 Å². The van der Waals surface area contributed by atoms with Gasteiger partial charge >= 0.3 is 0 Å². The van der Waals surface area contributed by atoms with E-state index >= 15 is 0 Å². The molecule has 1 atom stereocenters. The molecule has 1 unspecified atom stereocenters. The molecule has 0 spiro atoms. The van der Waals surface area contributed by atoms with Crippen molar-refractivity contribution in [1.82, 2.24) is 0 Å². The predicted octanol–water partition coefficient (Wildman–Crippen LogP) is 5.71. The van der Waals surface area contributed by atoms with Crippen molar-refractivity contribution >= 4 is 17.6 Å². The zero-order valence-electron chi connectivity index (χ0n) is 13.5. The standard InChI is InChI=1S/C19H21ClN2/c1-14-5-7-15(8-6-14)18(21-13-22-19(2,3)4)16-9-11-17(20)12-10-16/h5-12,18H,1-4H3. The number of hydrogen-bond donors (Lipinski definition) is 0. The van der Waals surface area contributed by atoms with E-state index in [1.807, 2.05) is 45.0 Å². The van der Waals surface area contributed by atoms with Crippen molar-refractivity contribution in [2.24, 2.45) is 9.98 Å². The molecule has 0 aliphatic carbocycles. The summed E-state index contributed by atoms with van der Waals surface area (Å²) in [6.45, 7) is 8.15. The van der Waals surface area contributed by atoms with E-state index in [4.69, 9.17) is 11.6 Å². The molecular weight excluding hydrogens is 292 g/mol. The Balaban J connectivity index is 2.42. The minimum Gasteiger partial charge on any atom is -0.220 e. The van der Waals surface area contributed by atoms with Gasteiger partial charge in [-0.2, -0.15) is 0 Å². The molecule has 0 radical (unpaired) electrons. The average Bonchev–Trinajstić information content (AvgIpc) is 2.45. The first-order chi connectivity index (χ1) is 10.3. The van der Waals surface area contributed by atoms with Crippen LogP contribution in [0.1, 0.15) is 43.5 Å². The van der Waals surface area contributed by atoms with Crippen LogP contribution in [0.25, 0.3) is 0 Å². The fraction of sp³-hybridized carbons (Fsp3) is 0.316. The Bertz CT molecular complexity index is 627. The summed E-state index contributed by atoms with van der Waals surface area (Å²) >= 11 is 5.98. The third kappa shape index (κ3) is 4.84. The van der Waals surface area contributed by atoms with Crippen molar-refractivity contribution in [2.45, 2.75) is 39.3 Å². The number of hydrogen-bond acceptors (Lipinski definition) is 2. The number of aliphatic imine (C=N–C) groups is 2. The molecule has 2 rings (SSSR count). The molecule has 22 heavy (non-hydrogen) atoms. The molecule has 0 amide bonds. The minimum atomic E-state index is -0.179. The molecule has 0 heterocycles. The van der Waals surface area contributed by atoms with Crippen LogP contribution in [0.4, 0.5) is 0 Å². The lowest BCUT2D eigenvalue weighted by Crippen LogP contribution is -2.08. The highest BCUT2D eigenvalue weighted by molar-refractivity contribution is 6.30. The second-order valence-electron chi connectivity index (χ2n) is 6.38. The van der Waals surface area contributed by atoms with E-state index in [9.17, 15) is 0 Å². The van der Waals surface area contributed by atoms with Gasteiger partial charge in [-0.15, -0.1) is 0 Å². The quantitative estimate of drug-likeness (QED) is 0.648. The topological polar surface area (TPSA) is 24.7 Å². The summed E-state index contributed by atoms with van der Waals surface area (Å²) in [5.74, 6) is 0. The summed E-state index contributed by atoms with van der Waals surface area (Å²) in [6.07, 6.45) is 0. The van der Waals surface area contributed by atoms with Crippen molar-refractivity contribution in [3.05, 3.63) is 70.2 Å². The van der Waals surface area contributed by atoms with Crippen molar-refractivity contribution in [2.75, 3.05) is 0 Å². The number of halogens is 1. The van der Waals surface area contributed by atoms with Crippen LogP contribution < -0.4 is 0 Å². The van der Waals surface area contributed by atoms with E-state index in [2.05, 4.69) is 47.2 Å². The molecule has 114 valence electrons. The Morgan fingerprint density at radius 2 is 1.41 bits per heavy atom. The third-order valence-electron chi connectivity index (χ3n) is 3.15. The van der Waals surface area contributed by atoms with Crippen LogP contribution in [0.3, 0.4) is 0 Å². The zero-order valence-corrected chi connectivity index (χ0v) is 14.2. The highest BCUT2D eigenvalue weighted by Crippen LogP contribution is 2.27. The molecule has 0 aromatic heterocycles. The molecule has 0 saturated heterocycles. The second-order valence-corrected chi connectivity index (χ2v) is 6.81.